The second kappa shape index (κ2) is 8.34. The molecule has 0 heterocycles. The number of benzene rings is 3. The van der Waals surface area contributed by atoms with Gasteiger partial charge in [0.25, 0.3) is 0 Å². The van der Waals surface area contributed by atoms with E-state index in [0.717, 1.165) is 27.8 Å². The maximum absolute atomic E-state index is 11.8. The quantitative estimate of drug-likeness (QED) is 0.622. The van der Waals surface area contributed by atoms with Crippen LogP contribution in [0, 0.1) is 0 Å². The first-order valence-electron chi connectivity index (χ1n) is 8.80. The van der Waals surface area contributed by atoms with Crippen molar-refractivity contribution in [2.24, 2.45) is 0 Å². The molecule has 26 heavy (non-hydrogen) atoms. The third kappa shape index (κ3) is 4.31. The topological polar surface area (TPSA) is 46.5 Å². The largest absolute Gasteiger partial charge is 0.508 e. The standard InChI is InChI=1S/C23H22O3/c1-2-26-23(25)14-12-20-15-18(17-7-4-3-5-8-17)11-13-22(20)19-9-6-10-21(24)16-19/h3-11,13,15-16,24H,2,12,14H2,1H3. The average Bonchev–Trinajstić information content (AvgIpc) is 2.67. The predicted octanol–water partition coefficient (Wildman–Crippen LogP) is 5.22. The lowest BCUT2D eigenvalue weighted by Crippen LogP contribution is -2.05. The monoisotopic (exact) mass is 346 g/mol. The van der Waals surface area contributed by atoms with Gasteiger partial charge in [-0.3, -0.25) is 4.79 Å². The normalized spacial score (nSPS) is 10.5. The molecule has 0 amide bonds. The van der Waals surface area contributed by atoms with Crippen LogP contribution in [0.2, 0.25) is 0 Å². The summed E-state index contributed by atoms with van der Waals surface area (Å²) in [6.45, 7) is 2.20. The highest BCUT2D eigenvalue weighted by atomic mass is 16.5. The van der Waals surface area contributed by atoms with Crippen LogP contribution in [0.3, 0.4) is 0 Å². The second-order valence-corrected chi connectivity index (χ2v) is 6.09. The Morgan fingerprint density at radius 2 is 1.65 bits per heavy atom. The number of hydrogen-bond acceptors (Lipinski definition) is 3. The maximum Gasteiger partial charge on any atom is 0.306 e. The molecule has 0 bridgehead atoms. The molecule has 0 saturated carbocycles. The molecule has 3 rings (SSSR count). The Hall–Kier alpha value is -3.07. The van der Waals surface area contributed by atoms with Gasteiger partial charge < -0.3 is 9.84 Å². The van der Waals surface area contributed by atoms with Crippen molar-refractivity contribution in [3.05, 3.63) is 78.4 Å². The maximum atomic E-state index is 11.8. The third-order valence-corrected chi connectivity index (χ3v) is 4.27. The molecular formula is C23H22O3. The predicted molar refractivity (Wildman–Crippen MR) is 104 cm³/mol. The Morgan fingerprint density at radius 1 is 0.885 bits per heavy atom. The number of phenols is 1. The highest BCUT2D eigenvalue weighted by Gasteiger charge is 2.11. The van der Waals surface area contributed by atoms with Crippen molar-refractivity contribution >= 4 is 5.97 Å². The van der Waals surface area contributed by atoms with Crippen LogP contribution >= 0.6 is 0 Å². The molecule has 0 atom stereocenters. The SMILES string of the molecule is CCOC(=O)CCc1cc(-c2ccccc2)ccc1-c1cccc(O)c1. The lowest BCUT2D eigenvalue weighted by atomic mass is 9.92. The molecule has 0 aliphatic carbocycles. The van der Waals surface area contributed by atoms with Crippen LogP contribution in [0.1, 0.15) is 18.9 Å². The van der Waals surface area contributed by atoms with Gasteiger partial charge in [0.15, 0.2) is 0 Å². The van der Waals surface area contributed by atoms with Gasteiger partial charge in [-0.25, -0.2) is 0 Å². The van der Waals surface area contributed by atoms with E-state index in [2.05, 4.69) is 30.3 Å². The van der Waals surface area contributed by atoms with Gasteiger partial charge in [0.2, 0.25) is 0 Å². The van der Waals surface area contributed by atoms with E-state index < -0.39 is 0 Å². The van der Waals surface area contributed by atoms with E-state index in [9.17, 15) is 9.90 Å². The second-order valence-electron chi connectivity index (χ2n) is 6.09. The van der Waals surface area contributed by atoms with E-state index in [1.165, 1.54) is 0 Å². The fraction of sp³-hybridized carbons (Fsp3) is 0.174. The number of esters is 1. The molecule has 3 aromatic rings. The average molecular weight is 346 g/mol. The van der Waals surface area contributed by atoms with Crippen LogP contribution in [0.5, 0.6) is 5.75 Å². The molecule has 132 valence electrons. The van der Waals surface area contributed by atoms with Crippen molar-refractivity contribution in [3.63, 3.8) is 0 Å². The summed E-state index contributed by atoms with van der Waals surface area (Å²) in [5.74, 6) is 0.0328. The molecule has 3 heteroatoms. The number of rotatable bonds is 6. The summed E-state index contributed by atoms with van der Waals surface area (Å²) >= 11 is 0. The number of carbonyl (C=O) groups excluding carboxylic acids is 1. The molecule has 0 spiro atoms. The molecule has 0 aromatic heterocycles. The summed E-state index contributed by atoms with van der Waals surface area (Å²) in [5, 5.41) is 9.81. The molecule has 3 nitrogen and oxygen atoms in total. The van der Waals surface area contributed by atoms with Crippen molar-refractivity contribution in [2.75, 3.05) is 6.61 Å². The highest BCUT2D eigenvalue weighted by molar-refractivity contribution is 5.76. The number of aromatic hydroxyl groups is 1. The fourth-order valence-corrected chi connectivity index (χ4v) is 3.04. The molecule has 0 radical (unpaired) electrons. The summed E-state index contributed by atoms with van der Waals surface area (Å²) in [7, 11) is 0. The van der Waals surface area contributed by atoms with Gasteiger partial charge in [-0.05, 0) is 53.3 Å². The van der Waals surface area contributed by atoms with E-state index >= 15 is 0 Å². The minimum absolute atomic E-state index is 0.195. The Kier molecular flexibility index (Phi) is 5.69. The van der Waals surface area contributed by atoms with Gasteiger partial charge in [-0.2, -0.15) is 0 Å². The fourth-order valence-electron chi connectivity index (χ4n) is 3.04. The van der Waals surface area contributed by atoms with Crippen LogP contribution < -0.4 is 0 Å². The van der Waals surface area contributed by atoms with Crippen LogP contribution in [-0.4, -0.2) is 17.7 Å². The van der Waals surface area contributed by atoms with Gasteiger partial charge in [0, 0.05) is 6.42 Å². The lowest BCUT2D eigenvalue weighted by molar-refractivity contribution is -0.143. The number of carbonyl (C=O) groups is 1. The summed E-state index contributed by atoms with van der Waals surface area (Å²) in [6, 6.07) is 23.6. The number of hydrogen-bond donors (Lipinski definition) is 1. The van der Waals surface area contributed by atoms with Crippen molar-refractivity contribution in [3.8, 4) is 28.0 Å². The minimum Gasteiger partial charge on any atom is -0.508 e. The van der Waals surface area contributed by atoms with E-state index in [-0.39, 0.29) is 11.7 Å². The zero-order valence-electron chi connectivity index (χ0n) is 14.8. The molecular weight excluding hydrogens is 324 g/mol. The summed E-state index contributed by atoms with van der Waals surface area (Å²) in [6.07, 6.45) is 0.919. The Balaban J connectivity index is 1.98. The molecule has 0 saturated heterocycles. The minimum atomic E-state index is -0.195. The Labute approximate surface area is 153 Å². The van der Waals surface area contributed by atoms with Crippen molar-refractivity contribution < 1.29 is 14.6 Å². The molecule has 3 aromatic carbocycles. The van der Waals surface area contributed by atoms with Gasteiger partial charge in [0.1, 0.15) is 5.75 Å². The van der Waals surface area contributed by atoms with Gasteiger partial charge >= 0.3 is 5.97 Å². The van der Waals surface area contributed by atoms with Crippen molar-refractivity contribution in [1.29, 1.82) is 0 Å². The molecule has 0 unspecified atom stereocenters. The Bertz CT molecular complexity index is 885. The molecule has 0 aliphatic heterocycles. The first-order valence-corrected chi connectivity index (χ1v) is 8.80. The number of ether oxygens (including phenoxy) is 1. The smallest absolute Gasteiger partial charge is 0.306 e. The first-order chi connectivity index (χ1) is 12.7. The van der Waals surface area contributed by atoms with Crippen molar-refractivity contribution in [2.45, 2.75) is 19.8 Å². The van der Waals surface area contributed by atoms with Gasteiger partial charge in [-0.1, -0.05) is 60.7 Å². The van der Waals surface area contributed by atoms with Gasteiger partial charge in [0.05, 0.1) is 6.61 Å². The van der Waals surface area contributed by atoms with E-state index in [4.69, 9.17) is 4.74 Å². The van der Waals surface area contributed by atoms with E-state index in [1.807, 2.05) is 37.3 Å². The molecule has 0 aliphatic rings. The summed E-state index contributed by atoms with van der Waals surface area (Å²) in [4.78, 5) is 11.8. The van der Waals surface area contributed by atoms with E-state index in [1.54, 1.807) is 12.1 Å². The van der Waals surface area contributed by atoms with Crippen molar-refractivity contribution in [1.82, 2.24) is 0 Å². The Morgan fingerprint density at radius 3 is 2.38 bits per heavy atom. The van der Waals surface area contributed by atoms with Crippen LogP contribution in [0.4, 0.5) is 0 Å². The van der Waals surface area contributed by atoms with Crippen LogP contribution in [-0.2, 0) is 16.0 Å². The number of phenolic OH excluding ortho intramolecular Hbond substituents is 1. The van der Waals surface area contributed by atoms with Gasteiger partial charge in [-0.15, -0.1) is 0 Å². The zero-order valence-corrected chi connectivity index (χ0v) is 14.8. The lowest BCUT2D eigenvalue weighted by Gasteiger charge is -2.13. The molecule has 1 N–H and O–H groups in total. The zero-order chi connectivity index (χ0) is 18.4. The number of aryl methyl sites for hydroxylation is 1. The summed E-state index contributed by atoms with van der Waals surface area (Å²) in [5.41, 5.74) is 5.25. The van der Waals surface area contributed by atoms with Crippen LogP contribution in [0.15, 0.2) is 72.8 Å². The van der Waals surface area contributed by atoms with Crippen LogP contribution in [0.25, 0.3) is 22.3 Å². The first kappa shape index (κ1) is 17.7. The summed E-state index contributed by atoms with van der Waals surface area (Å²) < 4.78 is 5.06. The highest BCUT2D eigenvalue weighted by Crippen LogP contribution is 2.31. The molecule has 0 fully saturated rings. The van der Waals surface area contributed by atoms with E-state index in [0.29, 0.717) is 19.4 Å². The third-order valence-electron chi connectivity index (χ3n) is 4.27.